The van der Waals surface area contributed by atoms with Crippen LogP contribution in [0.1, 0.15) is 29.9 Å². The molecule has 0 spiro atoms. The maximum atomic E-state index is 12.6. The van der Waals surface area contributed by atoms with Gasteiger partial charge < -0.3 is 10.6 Å². The Morgan fingerprint density at radius 2 is 1.82 bits per heavy atom. The van der Waals surface area contributed by atoms with Crippen molar-refractivity contribution in [2.24, 2.45) is 10.9 Å². The summed E-state index contributed by atoms with van der Waals surface area (Å²) in [7, 11) is -3.55. The van der Waals surface area contributed by atoms with Crippen LogP contribution in [0.25, 0.3) is 0 Å². The number of alkyl halides is 3. The lowest BCUT2D eigenvalue weighted by Gasteiger charge is -2.32. The van der Waals surface area contributed by atoms with Gasteiger partial charge in [-0.3, -0.25) is 4.99 Å². The summed E-state index contributed by atoms with van der Waals surface area (Å²) in [6.07, 6.45) is 1.80. The number of hydrogen-bond acceptors (Lipinski definition) is 3. The van der Waals surface area contributed by atoms with Gasteiger partial charge in [0.1, 0.15) is 0 Å². The van der Waals surface area contributed by atoms with Crippen molar-refractivity contribution < 1.29 is 21.6 Å². The minimum atomic E-state index is -5.23. The van der Waals surface area contributed by atoms with Crippen LogP contribution in [0.4, 0.5) is 13.2 Å². The molecule has 0 amide bonds. The number of sulfonamides is 1. The molecule has 2 N–H and O–H groups in total. The van der Waals surface area contributed by atoms with Crippen molar-refractivity contribution in [1.29, 1.82) is 0 Å². The molecule has 1 saturated heterocycles. The van der Waals surface area contributed by atoms with Crippen molar-refractivity contribution in [2.45, 2.75) is 30.7 Å². The quantitative estimate of drug-likeness (QED) is 0.567. The van der Waals surface area contributed by atoms with Crippen molar-refractivity contribution in [2.75, 3.05) is 33.2 Å². The topological polar surface area (TPSA) is 73.8 Å². The average molecular weight is 418 g/mol. The molecule has 0 aromatic heterocycles. The highest BCUT2D eigenvalue weighted by Crippen LogP contribution is 2.34. The third-order valence-corrected chi connectivity index (χ3v) is 7.09. The number of fused-ring (bicyclic) bond motifs is 1. The second-order valence-electron chi connectivity index (χ2n) is 7.23. The van der Waals surface area contributed by atoms with E-state index in [0.29, 0.717) is 35.6 Å². The van der Waals surface area contributed by atoms with Gasteiger partial charge in [0.2, 0.25) is 0 Å². The molecule has 1 fully saturated rings. The van der Waals surface area contributed by atoms with Gasteiger partial charge in [-0.1, -0.05) is 24.3 Å². The highest BCUT2D eigenvalue weighted by molar-refractivity contribution is 7.90. The van der Waals surface area contributed by atoms with Gasteiger partial charge in [0.15, 0.2) is 5.96 Å². The van der Waals surface area contributed by atoms with Crippen LogP contribution < -0.4 is 10.6 Å². The second kappa shape index (κ2) is 8.28. The highest BCUT2D eigenvalue weighted by atomic mass is 32.2. The maximum absolute atomic E-state index is 12.6. The summed E-state index contributed by atoms with van der Waals surface area (Å²) < 4.78 is 61.3. The van der Waals surface area contributed by atoms with Crippen LogP contribution in [0.2, 0.25) is 0 Å². The molecule has 0 saturated carbocycles. The zero-order valence-corrected chi connectivity index (χ0v) is 16.5. The summed E-state index contributed by atoms with van der Waals surface area (Å²) in [6.45, 7) is 1.08. The Bertz CT molecular complexity index is 818. The van der Waals surface area contributed by atoms with Crippen LogP contribution in [-0.2, 0) is 16.4 Å². The van der Waals surface area contributed by atoms with Crippen molar-refractivity contribution in [3.8, 4) is 0 Å². The smallest absolute Gasteiger partial charge is 0.356 e. The van der Waals surface area contributed by atoms with Gasteiger partial charge >= 0.3 is 15.5 Å². The second-order valence-corrected chi connectivity index (χ2v) is 9.16. The summed E-state index contributed by atoms with van der Waals surface area (Å²) in [6, 6.07) is 8.33. The molecule has 3 rings (SSSR count). The first kappa shape index (κ1) is 20.9. The van der Waals surface area contributed by atoms with E-state index in [0.717, 1.165) is 13.0 Å². The molecule has 0 bridgehead atoms. The fraction of sp³-hybridized carbons (Fsp3) is 0.611. The molecule has 2 aliphatic rings. The summed E-state index contributed by atoms with van der Waals surface area (Å²) in [5, 5.41) is 6.49. The fourth-order valence-corrected chi connectivity index (χ4v) is 4.71. The molecule has 1 unspecified atom stereocenters. The van der Waals surface area contributed by atoms with E-state index in [-0.39, 0.29) is 19.0 Å². The minimum absolute atomic E-state index is 0.0997. The average Bonchev–Trinajstić information content (AvgIpc) is 2.64. The van der Waals surface area contributed by atoms with Crippen LogP contribution in [0, 0.1) is 5.92 Å². The highest BCUT2D eigenvalue weighted by Gasteiger charge is 2.50. The molecule has 1 aliphatic heterocycles. The van der Waals surface area contributed by atoms with E-state index in [9.17, 15) is 21.6 Å². The summed E-state index contributed by atoms with van der Waals surface area (Å²) in [5.41, 5.74) is -2.51. The standard InChI is InChI=1S/C18H25F3N4O2S/c1-22-17(24-12-15-10-14-4-2-3-5-16(14)15)23-11-13-6-8-25(9-7-13)28(26,27)18(19,20)21/h2-5,13,15H,6-12H2,1H3,(H2,22,23,24). The number of hydrogen-bond donors (Lipinski definition) is 2. The lowest BCUT2D eigenvalue weighted by Crippen LogP contribution is -2.47. The van der Waals surface area contributed by atoms with Gasteiger partial charge in [-0.15, -0.1) is 0 Å². The lowest BCUT2D eigenvalue weighted by atomic mass is 9.78. The van der Waals surface area contributed by atoms with Crippen molar-refractivity contribution in [3.63, 3.8) is 0 Å². The van der Waals surface area contributed by atoms with Gasteiger partial charge in [-0.2, -0.15) is 17.5 Å². The van der Waals surface area contributed by atoms with Crippen LogP contribution in [0.15, 0.2) is 29.3 Å². The first-order valence-corrected chi connectivity index (χ1v) is 10.7. The fourth-order valence-electron chi connectivity index (χ4n) is 3.73. The van der Waals surface area contributed by atoms with Crippen LogP contribution in [0.5, 0.6) is 0 Å². The molecule has 156 valence electrons. The Hall–Kier alpha value is -1.81. The van der Waals surface area contributed by atoms with E-state index in [1.165, 1.54) is 11.1 Å². The molecule has 1 atom stereocenters. The Labute approximate surface area is 163 Å². The molecule has 1 aliphatic carbocycles. The summed E-state index contributed by atoms with van der Waals surface area (Å²) in [5.74, 6) is 1.20. The minimum Gasteiger partial charge on any atom is -0.356 e. The third kappa shape index (κ3) is 4.43. The molecule has 28 heavy (non-hydrogen) atoms. The Morgan fingerprint density at radius 1 is 1.18 bits per heavy atom. The Morgan fingerprint density at radius 3 is 2.43 bits per heavy atom. The van der Waals surface area contributed by atoms with Gasteiger partial charge in [-0.05, 0) is 36.3 Å². The van der Waals surface area contributed by atoms with E-state index in [4.69, 9.17) is 0 Å². The summed E-state index contributed by atoms with van der Waals surface area (Å²) >= 11 is 0. The van der Waals surface area contributed by atoms with Gasteiger partial charge in [0.05, 0.1) is 0 Å². The largest absolute Gasteiger partial charge is 0.511 e. The van der Waals surface area contributed by atoms with E-state index in [1.807, 2.05) is 12.1 Å². The number of nitrogens with zero attached hydrogens (tertiary/aromatic N) is 2. The normalized spacial score (nSPS) is 21.7. The van der Waals surface area contributed by atoms with Gasteiger partial charge in [0.25, 0.3) is 0 Å². The lowest BCUT2D eigenvalue weighted by molar-refractivity contribution is -0.0496. The van der Waals surface area contributed by atoms with Crippen molar-refractivity contribution in [3.05, 3.63) is 35.4 Å². The maximum Gasteiger partial charge on any atom is 0.511 e. The molecule has 1 heterocycles. The van der Waals surface area contributed by atoms with Gasteiger partial charge in [-0.25, -0.2) is 8.42 Å². The van der Waals surface area contributed by atoms with Crippen LogP contribution in [0.3, 0.4) is 0 Å². The van der Waals surface area contributed by atoms with E-state index in [1.54, 1.807) is 7.05 Å². The van der Waals surface area contributed by atoms with Crippen molar-refractivity contribution in [1.82, 2.24) is 14.9 Å². The molecular formula is C18H25F3N4O2S. The molecule has 1 aromatic rings. The molecule has 10 heteroatoms. The van der Waals surface area contributed by atoms with Crippen LogP contribution in [-0.4, -0.2) is 57.4 Å². The molecular weight excluding hydrogens is 393 g/mol. The number of piperidine rings is 1. The Balaban J connectivity index is 1.41. The Kier molecular flexibility index (Phi) is 6.18. The SMILES string of the molecule is CN=C(NCC1CCN(S(=O)(=O)C(F)(F)F)CC1)NCC1Cc2ccccc21. The predicted molar refractivity (Wildman–Crippen MR) is 102 cm³/mol. The molecule has 6 nitrogen and oxygen atoms in total. The van der Waals surface area contributed by atoms with Gasteiger partial charge in [0, 0.05) is 39.1 Å². The zero-order valence-electron chi connectivity index (χ0n) is 15.7. The van der Waals surface area contributed by atoms with E-state index >= 15 is 0 Å². The number of aliphatic imine (C=N–C) groups is 1. The number of halogens is 3. The van der Waals surface area contributed by atoms with E-state index in [2.05, 4.69) is 27.8 Å². The number of nitrogens with one attached hydrogen (secondary N) is 2. The monoisotopic (exact) mass is 418 g/mol. The van der Waals surface area contributed by atoms with Crippen LogP contribution >= 0.6 is 0 Å². The third-order valence-electron chi connectivity index (χ3n) is 5.46. The summed E-state index contributed by atoms with van der Waals surface area (Å²) in [4.78, 5) is 4.18. The first-order chi connectivity index (χ1) is 13.2. The van der Waals surface area contributed by atoms with Crippen molar-refractivity contribution >= 4 is 16.0 Å². The number of guanidine groups is 1. The predicted octanol–water partition coefficient (Wildman–Crippen LogP) is 2.05. The molecule has 0 radical (unpaired) electrons. The zero-order chi connectivity index (χ0) is 20.4. The first-order valence-electron chi connectivity index (χ1n) is 9.31. The molecule has 1 aromatic carbocycles. The number of benzene rings is 1. The number of rotatable bonds is 5. The van der Waals surface area contributed by atoms with E-state index < -0.39 is 15.5 Å².